The number of amides is 1. The number of allylic oxidation sites excluding steroid dienone is 1. The summed E-state index contributed by atoms with van der Waals surface area (Å²) < 4.78 is 2.04. The van der Waals surface area contributed by atoms with Gasteiger partial charge in [0.05, 0.1) is 16.6 Å². The van der Waals surface area contributed by atoms with Crippen molar-refractivity contribution in [2.24, 2.45) is 10.4 Å². The van der Waals surface area contributed by atoms with Gasteiger partial charge in [-0.2, -0.15) is 9.78 Å². The van der Waals surface area contributed by atoms with E-state index in [1.807, 2.05) is 32.9 Å². The molecule has 136 valence electrons. The Morgan fingerprint density at radius 3 is 2.77 bits per heavy atom. The molecule has 0 bridgehead atoms. The molecule has 2 aromatic rings. The fraction of sp³-hybridized carbons (Fsp3) is 0.333. The van der Waals surface area contributed by atoms with Crippen molar-refractivity contribution in [2.45, 2.75) is 33.2 Å². The quantitative estimate of drug-likeness (QED) is 0.850. The summed E-state index contributed by atoms with van der Waals surface area (Å²) in [6, 6.07) is 5.48. The van der Waals surface area contributed by atoms with Crippen LogP contribution in [0.15, 0.2) is 35.3 Å². The van der Waals surface area contributed by atoms with Crippen molar-refractivity contribution in [1.82, 2.24) is 9.78 Å². The van der Waals surface area contributed by atoms with Gasteiger partial charge in [-0.05, 0) is 18.2 Å². The number of aliphatic imine (C=N–C) groups is 1. The molecule has 26 heavy (non-hydrogen) atoms. The van der Waals surface area contributed by atoms with E-state index in [9.17, 15) is 9.59 Å². The zero-order chi connectivity index (χ0) is 18.9. The Morgan fingerprint density at radius 2 is 2.15 bits per heavy atom. The minimum Gasteiger partial charge on any atom is -0.365 e. The molecule has 1 N–H and O–H groups in total. The van der Waals surface area contributed by atoms with E-state index in [2.05, 4.69) is 15.4 Å². The number of nitrogens with one attached hydrogen (secondary N) is 1. The number of carbonyl (C=O) groups is 2. The first-order valence-electron chi connectivity index (χ1n) is 8.13. The number of rotatable bonds is 4. The summed E-state index contributed by atoms with van der Waals surface area (Å²) in [5.41, 5.74) is -0.122. The highest BCUT2D eigenvalue weighted by molar-refractivity contribution is 7.16. The summed E-state index contributed by atoms with van der Waals surface area (Å²) in [4.78, 5) is 29.7. The summed E-state index contributed by atoms with van der Waals surface area (Å²) >= 11 is 7.43. The van der Waals surface area contributed by atoms with Gasteiger partial charge in [0, 0.05) is 22.6 Å². The van der Waals surface area contributed by atoms with Crippen LogP contribution in [-0.2, 0) is 11.3 Å². The van der Waals surface area contributed by atoms with Crippen LogP contribution in [0.4, 0.5) is 5.82 Å². The molecule has 2 aromatic heterocycles. The van der Waals surface area contributed by atoms with Gasteiger partial charge < -0.3 is 5.32 Å². The van der Waals surface area contributed by atoms with Crippen LogP contribution < -0.4 is 5.32 Å². The molecule has 0 aliphatic carbocycles. The molecule has 8 heteroatoms. The zero-order valence-corrected chi connectivity index (χ0v) is 16.3. The molecular weight excluding hydrogens is 372 g/mol. The Hall–Kier alpha value is -2.25. The first-order chi connectivity index (χ1) is 12.3. The smallest absolute Gasteiger partial charge is 0.258 e. The van der Waals surface area contributed by atoms with Gasteiger partial charge in [-0.1, -0.05) is 38.4 Å². The van der Waals surface area contributed by atoms with Gasteiger partial charge in [0.2, 0.25) is 0 Å². The Morgan fingerprint density at radius 1 is 1.38 bits per heavy atom. The lowest BCUT2D eigenvalue weighted by Gasteiger charge is -2.18. The minimum atomic E-state index is -0.615. The molecule has 3 rings (SSSR count). The number of thiophene rings is 1. The number of halogens is 1. The molecule has 1 atom stereocenters. The first-order valence-corrected chi connectivity index (χ1v) is 9.33. The number of nitrogens with zero attached hydrogens (tertiary/aromatic N) is 3. The van der Waals surface area contributed by atoms with Crippen molar-refractivity contribution in [3.05, 3.63) is 45.3 Å². The van der Waals surface area contributed by atoms with Gasteiger partial charge in [-0.3, -0.25) is 9.59 Å². The van der Waals surface area contributed by atoms with Gasteiger partial charge in [0.15, 0.2) is 0 Å². The monoisotopic (exact) mass is 390 g/mol. The third kappa shape index (κ3) is 3.94. The van der Waals surface area contributed by atoms with Gasteiger partial charge >= 0.3 is 0 Å². The number of aromatic nitrogens is 2. The van der Waals surface area contributed by atoms with Crippen molar-refractivity contribution in [3.8, 4) is 0 Å². The van der Waals surface area contributed by atoms with E-state index in [1.165, 1.54) is 22.2 Å². The van der Waals surface area contributed by atoms with E-state index in [1.54, 1.807) is 18.2 Å². The van der Waals surface area contributed by atoms with Crippen LogP contribution in [0.1, 0.15) is 42.1 Å². The molecular formula is C18H19ClN4O2S. The van der Waals surface area contributed by atoms with E-state index < -0.39 is 11.3 Å². The van der Waals surface area contributed by atoms with Crippen LogP contribution in [0.2, 0.25) is 4.34 Å². The molecule has 0 fully saturated rings. The van der Waals surface area contributed by atoms with E-state index in [-0.39, 0.29) is 11.8 Å². The lowest BCUT2D eigenvalue weighted by molar-refractivity contribution is -0.118. The third-order valence-electron chi connectivity index (χ3n) is 3.81. The minimum absolute atomic E-state index is 0.161. The Balaban J connectivity index is 1.92. The second kappa shape index (κ2) is 7.17. The predicted molar refractivity (Wildman–Crippen MR) is 104 cm³/mol. The van der Waals surface area contributed by atoms with Crippen LogP contribution in [0.3, 0.4) is 0 Å². The second-order valence-corrected chi connectivity index (χ2v) is 8.76. The Kier molecular flexibility index (Phi) is 5.11. The first kappa shape index (κ1) is 18.5. The number of hydrogen-bond acceptors (Lipinski definition) is 5. The summed E-state index contributed by atoms with van der Waals surface area (Å²) in [6.45, 7) is 5.99. The topological polar surface area (TPSA) is 76.3 Å². The highest BCUT2D eigenvalue weighted by Crippen LogP contribution is 2.27. The van der Waals surface area contributed by atoms with Crippen molar-refractivity contribution in [3.63, 3.8) is 0 Å². The van der Waals surface area contributed by atoms with Crippen LogP contribution in [-0.4, -0.2) is 27.8 Å². The molecule has 0 aromatic carbocycles. The van der Waals surface area contributed by atoms with Crippen LogP contribution >= 0.6 is 22.9 Å². The van der Waals surface area contributed by atoms with Gasteiger partial charge in [-0.15, -0.1) is 11.3 Å². The van der Waals surface area contributed by atoms with Crippen molar-refractivity contribution in [1.29, 1.82) is 0 Å². The maximum atomic E-state index is 12.8. The number of hydrogen-bond donors (Lipinski definition) is 1. The summed E-state index contributed by atoms with van der Waals surface area (Å²) in [5, 5.41) is 7.63. The van der Waals surface area contributed by atoms with E-state index in [0.717, 1.165) is 4.88 Å². The molecule has 0 saturated carbocycles. The molecule has 1 amide bonds. The third-order valence-corrected chi connectivity index (χ3v) is 5.04. The van der Waals surface area contributed by atoms with E-state index in [0.29, 0.717) is 22.4 Å². The summed E-state index contributed by atoms with van der Waals surface area (Å²) in [6.07, 6.45) is 4.89. The number of dihydropyridines is 1. The van der Waals surface area contributed by atoms with Gasteiger partial charge in [0.1, 0.15) is 11.7 Å². The van der Waals surface area contributed by atoms with Crippen LogP contribution in [0.25, 0.3) is 0 Å². The molecule has 1 unspecified atom stereocenters. The Labute approximate surface area is 160 Å². The number of anilines is 1. The molecule has 0 radical (unpaired) electrons. The zero-order valence-electron chi connectivity index (χ0n) is 14.7. The largest absolute Gasteiger partial charge is 0.365 e. The number of carbonyl (C=O) groups excluding carboxylic acids is 2. The summed E-state index contributed by atoms with van der Waals surface area (Å²) in [5.74, 6) is -0.492. The maximum absolute atomic E-state index is 12.8. The molecule has 0 saturated heterocycles. The lowest BCUT2D eigenvalue weighted by atomic mass is 9.96. The lowest BCUT2D eigenvalue weighted by Crippen LogP contribution is -2.29. The van der Waals surface area contributed by atoms with E-state index in [4.69, 9.17) is 11.6 Å². The normalized spacial score (nSPS) is 16.9. The average Bonchev–Trinajstić information content (AvgIpc) is 3.18. The predicted octanol–water partition coefficient (Wildman–Crippen LogP) is 4.15. The van der Waals surface area contributed by atoms with Gasteiger partial charge in [-0.25, -0.2) is 4.99 Å². The Bertz CT molecular complexity index is 905. The molecule has 1 aliphatic heterocycles. The highest BCUT2D eigenvalue weighted by Gasteiger charge is 2.29. The van der Waals surface area contributed by atoms with Crippen LogP contribution in [0.5, 0.6) is 0 Å². The maximum Gasteiger partial charge on any atom is 0.258 e. The SMILES string of the molecule is CC(C)(C)C(=O)n1nc(C2C=CC=NC2=O)cc1NCc1ccc(Cl)s1. The van der Waals surface area contributed by atoms with E-state index >= 15 is 0 Å². The summed E-state index contributed by atoms with van der Waals surface area (Å²) in [7, 11) is 0. The van der Waals surface area contributed by atoms with Crippen molar-refractivity contribution >= 4 is 46.8 Å². The van der Waals surface area contributed by atoms with Crippen molar-refractivity contribution < 1.29 is 9.59 Å². The molecule has 6 nitrogen and oxygen atoms in total. The molecule has 0 spiro atoms. The fourth-order valence-electron chi connectivity index (χ4n) is 2.44. The van der Waals surface area contributed by atoms with Gasteiger partial charge in [0.25, 0.3) is 11.8 Å². The van der Waals surface area contributed by atoms with Crippen molar-refractivity contribution in [2.75, 3.05) is 5.32 Å². The second-order valence-electron chi connectivity index (χ2n) is 6.96. The highest BCUT2D eigenvalue weighted by atomic mass is 35.5. The standard InChI is InChI=1S/C18H19ClN4O2S/c1-18(2,3)17(25)23-15(21-10-11-6-7-14(19)26-11)9-13(22-23)12-5-4-8-20-16(12)24/h4-9,12,21H,10H2,1-3H3. The molecule has 1 aliphatic rings. The van der Waals surface area contributed by atoms with Crippen LogP contribution in [0, 0.1) is 5.41 Å². The molecule has 3 heterocycles. The fourth-order valence-corrected chi connectivity index (χ4v) is 3.47. The average molecular weight is 391 g/mol.